The molecule has 2 N–H and O–H groups in total. The molecular formula is C20H22N2O3S2. The second-order valence-corrected chi connectivity index (χ2v) is 8.14. The van der Waals surface area contributed by atoms with Gasteiger partial charge >= 0.3 is 5.97 Å². The average molecular weight is 403 g/mol. The number of thioether (sulfide) groups is 1. The summed E-state index contributed by atoms with van der Waals surface area (Å²) in [6.07, 6.45) is 2.76. The van der Waals surface area contributed by atoms with E-state index >= 15 is 0 Å². The van der Waals surface area contributed by atoms with E-state index in [9.17, 15) is 9.59 Å². The molecule has 2 aromatic heterocycles. The summed E-state index contributed by atoms with van der Waals surface area (Å²) in [5.41, 5.74) is 2.13. The Morgan fingerprint density at radius 3 is 2.93 bits per heavy atom. The summed E-state index contributed by atoms with van der Waals surface area (Å²) in [6, 6.07) is 12.1. The molecule has 2 heterocycles. The number of H-pyrrole nitrogens is 1. The van der Waals surface area contributed by atoms with E-state index in [1.54, 1.807) is 23.1 Å². The molecule has 0 saturated heterocycles. The van der Waals surface area contributed by atoms with Gasteiger partial charge in [0.05, 0.1) is 0 Å². The number of para-hydroxylation sites is 1. The zero-order chi connectivity index (χ0) is 18.9. The van der Waals surface area contributed by atoms with Gasteiger partial charge in [0.15, 0.2) is 6.61 Å². The van der Waals surface area contributed by atoms with Gasteiger partial charge in [-0.1, -0.05) is 24.3 Å². The summed E-state index contributed by atoms with van der Waals surface area (Å²) in [5, 5.41) is 5.95. The molecule has 0 fully saturated rings. The van der Waals surface area contributed by atoms with Gasteiger partial charge in [-0.25, -0.2) is 0 Å². The zero-order valence-corrected chi connectivity index (χ0v) is 16.5. The van der Waals surface area contributed by atoms with Crippen LogP contribution < -0.4 is 5.32 Å². The van der Waals surface area contributed by atoms with Crippen LogP contribution in [0.4, 0.5) is 0 Å². The van der Waals surface area contributed by atoms with E-state index in [0.717, 1.165) is 28.0 Å². The third kappa shape index (κ3) is 6.15. The largest absolute Gasteiger partial charge is 0.456 e. The van der Waals surface area contributed by atoms with Crippen molar-refractivity contribution in [3.63, 3.8) is 0 Å². The molecule has 0 aliphatic heterocycles. The van der Waals surface area contributed by atoms with Crippen LogP contribution in [-0.2, 0) is 26.5 Å². The lowest BCUT2D eigenvalue weighted by Gasteiger charge is -2.06. The summed E-state index contributed by atoms with van der Waals surface area (Å²) < 4.78 is 5.06. The van der Waals surface area contributed by atoms with Crippen LogP contribution >= 0.6 is 23.1 Å². The lowest BCUT2D eigenvalue weighted by atomic mass is 10.1. The van der Waals surface area contributed by atoms with Gasteiger partial charge in [0.25, 0.3) is 5.91 Å². The number of thiophene rings is 1. The summed E-state index contributed by atoms with van der Waals surface area (Å²) >= 11 is 3.50. The molecule has 5 nitrogen and oxygen atoms in total. The number of benzene rings is 1. The first-order valence-corrected chi connectivity index (χ1v) is 10.8. The predicted molar refractivity (Wildman–Crippen MR) is 111 cm³/mol. The fourth-order valence-electron chi connectivity index (χ4n) is 2.67. The Bertz CT molecular complexity index is 874. The Morgan fingerprint density at radius 1 is 1.19 bits per heavy atom. The molecule has 0 radical (unpaired) electrons. The highest BCUT2D eigenvalue weighted by Gasteiger charge is 2.10. The Balaban J connectivity index is 1.27. The Hall–Kier alpha value is -2.25. The van der Waals surface area contributed by atoms with Crippen LogP contribution in [0, 0.1) is 0 Å². The molecule has 0 unspecified atom stereocenters. The highest BCUT2D eigenvalue weighted by molar-refractivity contribution is 7.98. The number of carbonyl (C=O) groups excluding carboxylic acids is 2. The molecule has 3 rings (SSSR count). The molecule has 3 aromatic rings. The molecule has 0 bridgehead atoms. The van der Waals surface area contributed by atoms with E-state index in [-0.39, 0.29) is 24.9 Å². The van der Waals surface area contributed by atoms with Crippen molar-refractivity contribution in [2.75, 3.05) is 18.9 Å². The Morgan fingerprint density at radius 2 is 2.07 bits per heavy atom. The maximum absolute atomic E-state index is 11.9. The van der Waals surface area contributed by atoms with E-state index < -0.39 is 0 Å². The number of hydrogen-bond donors (Lipinski definition) is 2. The Labute approximate surface area is 166 Å². The molecule has 0 aliphatic rings. The molecule has 0 spiro atoms. The molecule has 7 heteroatoms. The second-order valence-electron chi connectivity index (χ2n) is 6.00. The van der Waals surface area contributed by atoms with E-state index in [0.29, 0.717) is 13.0 Å². The molecule has 1 amide bonds. The number of ether oxygens (including phenoxy) is 1. The van der Waals surface area contributed by atoms with Crippen LogP contribution in [0.3, 0.4) is 0 Å². The van der Waals surface area contributed by atoms with Gasteiger partial charge in [-0.3, -0.25) is 9.59 Å². The smallest absolute Gasteiger partial charge is 0.306 e. The second kappa shape index (κ2) is 10.2. The number of nitrogens with one attached hydrogen (secondary N) is 2. The van der Waals surface area contributed by atoms with Gasteiger partial charge in [0.2, 0.25) is 0 Å². The topological polar surface area (TPSA) is 71.2 Å². The minimum absolute atomic E-state index is 0.220. The molecule has 0 atom stereocenters. The number of fused-ring (bicyclic) bond motifs is 1. The number of aromatic nitrogens is 1. The van der Waals surface area contributed by atoms with Crippen LogP contribution in [0.15, 0.2) is 48.0 Å². The maximum atomic E-state index is 11.9. The molecular weight excluding hydrogens is 380 g/mol. The van der Waals surface area contributed by atoms with E-state index in [2.05, 4.69) is 21.7 Å². The number of aromatic amines is 1. The minimum Gasteiger partial charge on any atom is -0.456 e. The fourth-order valence-corrected chi connectivity index (χ4v) is 4.37. The normalized spacial score (nSPS) is 10.8. The van der Waals surface area contributed by atoms with Crippen molar-refractivity contribution in [1.82, 2.24) is 10.3 Å². The van der Waals surface area contributed by atoms with Crippen molar-refractivity contribution >= 4 is 45.9 Å². The minimum atomic E-state index is -0.359. The Kier molecular flexibility index (Phi) is 7.36. The van der Waals surface area contributed by atoms with Crippen molar-refractivity contribution in [1.29, 1.82) is 0 Å². The van der Waals surface area contributed by atoms with Crippen LogP contribution in [0.5, 0.6) is 0 Å². The number of carbonyl (C=O) groups is 2. The van der Waals surface area contributed by atoms with Gasteiger partial charge in [-0.15, -0.1) is 11.3 Å². The van der Waals surface area contributed by atoms with E-state index in [4.69, 9.17) is 4.74 Å². The SMILES string of the molecule is O=C(COC(=O)CCc1c[nH]c2ccccc12)NCCSCc1cccs1. The molecule has 1 aromatic carbocycles. The van der Waals surface area contributed by atoms with E-state index in [1.165, 1.54) is 4.88 Å². The van der Waals surface area contributed by atoms with E-state index in [1.807, 2.05) is 36.5 Å². The average Bonchev–Trinajstić information content (AvgIpc) is 3.34. The summed E-state index contributed by atoms with van der Waals surface area (Å²) in [4.78, 5) is 28.1. The molecule has 0 aliphatic carbocycles. The number of aryl methyl sites for hydroxylation is 1. The van der Waals surface area contributed by atoms with Crippen molar-refractivity contribution in [3.8, 4) is 0 Å². The third-order valence-corrected chi connectivity index (χ3v) is 6.10. The van der Waals surface area contributed by atoms with Gasteiger partial charge < -0.3 is 15.0 Å². The van der Waals surface area contributed by atoms with Gasteiger partial charge in [-0.2, -0.15) is 11.8 Å². The first-order chi connectivity index (χ1) is 13.2. The fraction of sp³-hybridized carbons (Fsp3) is 0.300. The van der Waals surface area contributed by atoms with Crippen LogP contribution in [0.1, 0.15) is 16.9 Å². The zero-order valence-electron chi connectivity index (χ0n) is 14.9. The van der Waals surface area contributed by atoms with Crippen molar-refractivity contribution in [3.05, 3.63) is 58.4 Å². The predicted octanol–water partition coefficient (Wildman–Crippen LogP) is 3.75. The standard InChI is InChI=1S/C20H22N2O3S2/c23-19(21-9-11-26-14-16-4-3-10-27-16)13-25-20(24)8-7-15-12-22-18-6-2-1-5-17(15)18/h1-6,10,12,22H,7-9,11,13-14H2,(H,21,23). The van der Waals surface area contributed by atoms with Crippen LogP contribution in [-0.4, -0.2) is 35.8 Å². The lowest BCUT2D eigenvalue weighted by Crippen LogP contribution is -2.30. The highest BCUT2D eigenvalue weighted by atomic mass is 32.2. The van der Waals surface area contributed by atoms with Gasteiger partial charge in [0.1, 0.15) is 0 Å². The van der Waals surface area contributed by atoms with Crippen LogP contribution in [0.25, 0.3) is 10.9 Å². The number of esters is 1. The lowest BCUT2D eigenvalue weighted by molar-refractivity contribution is -0.148. The maximum Gasteiger partial charge on any atom is 0.306 e. The van der Waals surface area contributed by atoms with Gasteiger partial charge in [-0.05, 0) is 29.5 Å². The van der Waals surface area contributed by atoms with Crippen molar-refractivity contribution < 1.29 is 14.3 Å². The number of rotatable bonds is 10. The first kappa shape index (κ1) is 19.5. The summed E-state index contributed by atoms with van der Waals surface area (Å²) in [6.45, 7) is 0.351. The van der Waals surface area contributed by atoms with Crippen LogP contribution in [0.2, 0.25) is 0 Å². The first-order valence-electron chi connectivity index (χ1n) is 8.80. The van der Waals surface area contributed by atoms with Crippen molar-refractivity contribution in [2.45, 2.75) is 18.6 Å². The molecule has 142 valence electrons. The van der Waals surface area contributed by atoms with Crippen molar-refractivity contribution in [2.24, 2.45) is 0 Å². The molecule has 0 saturated carbocycles. The summed E-state index contributed by atoms with van der Waals surface area (Å²) in [5.74, 6) is 1.17. The highest BCUT2D eigenvalue weighted by Crippen LogP contribution is 2.19. The molecule has 27 heavy (non-hydrogen) atoms. The third-order valence-electron chi connectivity index (χ3n) is 4.03. The monoisotopic (exact) mass is 402 g/mol. The number of hydrogen-bond acceptors (Lipinski definition) is 5. The summed E-state index contributed by atoms with van der Waals surface area (Å²) in [7, 11) is 0. The number of amides is 1. The van der Waals surface area contributed by atoms with Gasteiger partial charge in [0, 0.05) is 46.4 Å². The quantitative estimate of drug-likeness (QED) is 0.400.